The first-order chi connectivity index (χ1) is 9.42. The molecule has 2 rings (SSSR count). The molecule has 0 spiro atoms. The molecule has 2 heteroatoms. The first-order valence-electron chi connectivity index (χ1n) is 6.64. The van der Waals surface area contributed by atoms with Crippen molar-refractivity contribution in [2.75, 3.05) is 0 Å². The number of nitrogens with zero attached hydrogens (tertiary/aromatic N) is 1. The molecule has 2 aromatic rings. The lowest BCUT2D eigenvalue weighted by Crippen LogP contribution is -1.77. The molecular formula is C17H21NO. The van der Waals surface area contributed by atoms with Gasteiger partial charge in [-0.2, -0.15) is 4.99 Å². The third-order valence-corrected chi connectivity index (χ3v) is 2.15. The minimum atomic E-state index is 0.652. The minimum Gasteiger partial charge on any atom is -0.211 e. The summed E-state index contributed by atoms with van der Waals surface area (Å²) in [6.45, 7) is 8.00. The van der Waals surface area contributed by atoms with Gasteiger partial charge in [0.2, 0.25) is 6.08 Å². The van der Waals surface area contributed by atoms with E-state index in [9.17, 15) is 4.79 Å². The van der Waals surface area contributed by atoms with Gasteiger partial charge in [-0.15, -0.1) is 0 Å². The second kappa shape index (κ2) is 10.9. The van der Waals surface area contributed by atoms with Gasteiger partial charge in [0, 0.05) is 5.56 Å². The predicted octanol–water partition coefficient (Wildman–Crippen LogP) is 5.37. The average Bonchev–Trinajstić information content (AvgIpc) is 2.53. The molecule has 0 radical (unpaired) electrons. The lowest BCUT2D eigenvalue weighted by Gasteiger charge is -2.03. The maximum Gasteiger partial charge on any atom is 0.240 e. The lowest BCUT2D eigenvalue weighted by molar-refractivity contribution is 0.565. The molecule has 0 aliphatic heterocycles. The Balaban J connectivity index is 0.000000741. The number of benzene rings is 2. The summed E-state index contributed by atoms with van der Waals surface area (Å²) in [4.78, 5) is 13.9. The van der Waals surface area contributed by atoms with Crippen LogP contribution in [0.4, 0.5) is 5.69 Å². The Kier molecular flexibility index (Phi) is 9.69. The minimum absolute atomic E-state index is 0.652. The van der Waals surface area contributed by atoms with Crippen molar-refractivity contribution in [3.8, 4) is 11.1 Å². The molecular weight excluding hydrogens is 234 g/mol. The first-order valence-corrected chi connectivity index (χ1v) is 6.64. The quantitative estimate of drug-likeness (QED) is 0.523. The zero-order valence-corrected chi connectivity index (χ0v) is 12.1. The van der Waals surface area contributed by atoms with Crippen LogP contribution in [0.3, 0.4) is 0 Å². The molecule has 100 valence electrons. The molecule has 0 aliphatic carbocycles. The Morgan fingerprint density at radius 3 is 1.89 bits per heavy atom. The predicted molar refractivity (Wildman–Crippen MR) is 82.4 cm³/mol. The summed E-state index contributed by atoms with van der Waals surface area (Å²) in [5, 5.41) is 0. The third kappa shape index (κ3) is 5.33. The molecule has 0 saturated heterocycles. The van der Waals surface area contributed by atoms with E-state index in [1.54, 1.807) is 12.1 Å². The molecule has 0 aromatic heterocycles. The lowest BCUT2D eigenvalue weighted by atomic mass is 10.0. The molecule has 2 aromatic carbocycles. The number of carbonyl (C=O) groups excluding carboxylic acids is 1. The summed E-state index contributed by atoms with van der Waals surface area (Å²) < 4.78 is 0. The van der Waals surface area contributed by atoms with Gasteiger partial charge in [-0.3, -0.25) is 0 Å². The van der Waals surface area contributed by atoms with E-state index in [4.69, 9.17) is 0 Å². The van der Waals surface area contributed by atoms with E-state index >= 15 is 0 Å². The van der Waals surface area contributed by atoms with E-state index in [0.29, 0.717) is 5.69 Å². The highest BCUT2D eigenvalue weighted by Crippen LogP contribution is 2.29. The smallest absolute Gasteiger partial charge is 0.211 e. The highest BCUT2D eigenvalue weighted by atomic mass is 16.1. The Bertz CT molecular complexity index is 500. The zero-order valence-electron chi connectivity index (χ0n) is 12.1. The highest BCUT2D eigenvalue weighted by Gasteiger charge is 2.01. The van der Waals surface area contributed by atoms with Crippen LogP contribution in [0.15, 0.2) is 59.6 Å². The van der Waals surface area contributed by atoms with Crippen LogP contribution in [0, 0.1) is 0 Å². The van der Waals surface area contributed by atoms with E-state index in [-0.39, 0.29) is 0 Å². The fraction of sp³-hybridized carbons (Fsp3) is 0.235. The molecule has 2 nitrogen and oxygen atoms in total. The van der Waals surface area contributed by atoms with Crippen LogP contribution in [-0.2, 0) is 4.79 Å². The van der Waals surface area contributed by atoms with Crippen molar-refractivity contribution in [3.63, 3.8) is 0 Å². The molecule has 19 heavy (non-hydrogen) atoms. The van der Waals surface area contributed by atoms with E-state index in [0.717, 1.165) is 11.1 Å². The van der Waals surface area contributed by atoms with Crippen molar-refractivity contribution < 1.29 is 4.79 Å². The SMILES string of the molecule is CC.CC.O=C=Nc1ccccc1-c1ccccc1. The van der Waals surface area contributed by atoms with Crippen LogP contribution in [0.5, 0.6) is 0 Å². The van der Waals surface area contributed by atoms with E-state index < -0.39 is 0 Å². The van der Waals surface area contributed by atoms with Crippen LogP contribution in [0.2, 0.25) is 0 Å². The molecule has 0 amide bonds. The third-order valence-electron chi connectivity index (χ3n) is 2.15. The van der Waals surface area contributed by atoms with Crippen molar-refractivity contribution in [1.29, 1.82) is 0 Å². The van der Waals surface area contributed by atoms with Gasteiger partial charge in [-0.25, -0.2) is 4.79 Å². The van der Waals surface area contributed by atoms with Gasteiger partial charge in [0.15, 0.2) is 0 Å². The van der Waals surface area contributed by atoms with Gasteiger partial charge < -0.3 is 0 Å². The van der Waals surface area contributed by atoms with Gasteiger partial charge >= 0.3 is 0 Å². The Morgan fingerprint density at radius 2 is 1.32 bits per heavy atom. The Morgan fingerprint density at radius 1 is 0.789 bits per heavy atom. The Hall–Kier alpha value is -2.18. The van der Waals surface area contributed by atoms with Crippen LogP contribution in [0.25, 0.3) is 11.1 Å². The van der Waals surface area contributed by atoms with Gasteiger partial charge in [-0.1, -0.05) is 76.2 Å². The number of isocyanates is 1. The number of hydrogen-bond donors (Lipinski definition) is 0. The zero-order chi connectivity index (χ0) is 14.5. The molecule has 0 unspecified atom stereocenters. The summed E-state index contributed by atoms with van der Waals surface area (Å²) in [5.74, 6) is 0. The first kappa shape index (κ1) is 16.8. The second-order valence-corrected chi connectivity index (χ2v) is 3.09. The van der Waals surface area contributed by atoms with Crippen molar-refractivity contribution in [2.45, 2.75) is 27.7 Å². The normalized spacial score (nSPS) is 8.00. The summed E-state index contributed by atoms with van der Waals surface area (Å²) >= 11 is 0. The topological polar surface area (TPSA) is 29.4 Å². The molecule has 0 N–H and O–H groups in total. The maximum absolute atomic E-state index is 10.3. The van der Waals surface area contributed by atoms with E-state index in [1.165, 1.54) is 0 Å². The van der Waals surface area contributed by atoms with E-state index in [1.807, 2.05) is 76.2 Å². The van der Waals surface area contributed by atoms with Gasteiger partial charge in [0.25, 0.3) is 0 Å². The van der Waals surface area contributed by atoms with Crippen molar-refractivity contribution >= 4 is 11.8 Å². The van der Waals surface area contributed by atoms with Crippen LogP contribution in [0.1, 0.15) is 27.7 Å². The standard InChI is InChI=1S/C13H9NO.2C2H6/c15-10-14-13-9-5-4-8-12(13)11-6-2-1-3-7-11;2*1-2/h1-9H;2*1-2H3. The van der Waals surface area contributed by atoms with Crippen molar-refractivity contribution in [2.24, 2.45) is 4.99 Å². The van der Waals surface area contributed by atoms with Crippen molar-refractivity contribution in [3.05, 3.63) is 54.6 Å². The highest BCUT2D eigenvalue weighted by molar-refractivity contribution is 5.77. The second-order valence-electron chi connectivity index (χ2n) is 3.09. The number of rotatable bonds is 2. The fourth-order valence-corrected chi connectivity index (χ4v) is 1.48. The van der Waals surface area contributed by atoms with Crippen LogP contribution < -0.4 is 0 Å². The van der Waals surface area contributed by atoms with Gasteiger partial charge in [0.1, 0.15) is 0 Å². The molecule has 0 heterocycles. The summed E-state index contributed by atoms with van der Waals surface area (Å²) in [5.41, 5.74) is 2.65. The number of aliphatic imine (C=N–C) groups is 1. The monoisotopic (exact) mass is 255 g/mol. The molecule has 0 aliphatic rings. The Labute approximate surface area is 115 Å². The molecule has 0 saturated carbocycles. The largest absolute Gasteiger partial charge is 0.240 e. The van der Waals surface area contributed by atoms with Gasteiger partial charge in [0.05, 0.1) is 5.69 Å². The van der Waals surface area contributed by atoms with Crippen LogP contribution >= 0.6 is 0 Å². The number of hydrogen-bond acceptors (Lipinski definition) is 2. The van der Waals surface area contributed by atoms with Crippen molar-refractivity contribution in [1.82, 2.24) is 0 Å². The molecule has 0 bridgehead atoms. The maximum atomic E-state index is 10.3. The van der Waals surface area contributed by atoms with E-state index in [2.05, 4.69) is 4.99 Å². The molecule has 0 fully saturated rings. The van der Waals surface area contributed by atoms with Gasteiger partial charge in [-0.05, 0) is 11.6 Å². The molecule has 0 atom stereocenters. The number of para-hydroxylation sites is 1. The fourth-order valence-electron chi connectivity index (χ4n) is 1.48. The van der Waals surface area contributed by atoms with Crippen LogP contribution in [-0.4, -0.2) is 6.08 Å². The summed E-state index contributed by atoms with van der Waals surface area (Å²) in [6, 6.07) is 17.3. The average molecular weight is 255 g/mol. The summed E-state index contributed by atoms with van der Waals surface area (Å²) in [7, 11) is 0. The summed E-state index contributed by atoms with van der Waals surface area (Å²) in [6.07, 6.45) is 1.57.